The van der Waals surface area contributed by atoms with Crippen molar-refractivity contribution < 1.29 is 38.0 Å². The Balaban J connectivity index is 1.84. The van der Waals surface area contributed by atoms with E-state index in [0.29, 0.717) is 34.3 Å². The van der Waals surface area contributed by atoms with Crippen LogP contribution in [-0.4, -0.2) is 53.5 Å². The number of hydrogen-bond acceptors (Lipinski definition) is 8. The molecule has 0 aliphatic rings. The molecule has 0 spiro atoms. The highest BCUT2D eigenvalue weighted by Gasteiger charge is 2.14. The molecule has 0 radical (unpaired) electrons. The lowest BCUT2D eigenvalue weighted by molar-refractivity contribution is -0.150. The van der Waals surface area contributed by atoms with Gasteiger partial charge in [0.2, 0.25) is 0 Å². The molecule has 0 atom stereocenters. The van der Waals surface area contributed by atoms with Gasteiger partial charge in [-0.05, 0) is 30.7 Å². The van der Waals surface area contributed by atoms with E-state index in [9.17, 15) is 9.59 Å². The number of carbonyl (C=O) groups excluding carboxylic acids is 2. The van der Waals surface area contributed by atoms with E-state index in [1.807, 2.05) is 13.0 Å². The van der Waals surface area contributed by atoms with Crippen LogP contribution in [-0.2, 0) is 20.9 Å². The van der Waals surface area contributed by atoms with Crippen LogP contribution in [0.3, 0.4) is 0 Å². The van der Waals surface area contributed by atoms with Gasteiger partial charge in [0, 0.05) is 18.2 Å². The van der Waals surface area contributed by atoms with Gasteiger partial charge < -0.3 is 33.7 Å². The average Bonchev–Trinajstić information content (AvgIpc) is 2.79. The lowest BCUT2D eigenvalue weighted by Gasteiger charge is -2.14. The molecule has 9 nitrogen and oxygen atoms in total. The van der Waals surface area contributed by atoms with Gasteiger partial charge in [-0.25, -0.2) is 4.79 Å². The molecule has 0 fully saturated rings. The van der Waals surface area contributed by atoms with Crippen molar-refractivity contribution in [3.63, 3.8) is 0 Å². The summed E-state index contributed by atoms with van der Waals surface area (Å²) in [7, 11) is 6.06. The van der Waals surface area contributed by atoms with E-state index in [-0.39, 0.29) is 13.2 Å². The topological polar surface area (TPSA) is 102 Å². The molecule has 0 aromatic heterocycles. The van der Waals surface area contributed by atoms with E-state index in [0.717, 1.165) is 5.56 Å². The first-order chi connectivity index (χ1) is 14.9. The fourth-order valence-electron chi connectivity index (χ4n) is 2.69. The van der Waals surface area contributed by atoms with Crippen LogP contribution in [0.1, 0.15) is 11.1 Å². The van der Waals surface area contributed by atoms with Crippen molar-refractivity contribution in [2.45, 2.75) is 13.5 Å². The van der Waals surface area contributed by atoms with E-state index in [1.165, 1.54) is 28.4 Å². The van der Waals surface area contributed by atoms with Crippen molar-refractivity contribution in [1.29, 1.82) is 0 Å². The van der Waals surface area contributed by atoms with Gasteiger partial charge in [-0.1, -0.05) is 6.07 Å². The quantitative estimate of drug-likeness (QED) is 0.539. The van der Waals surface area contributed by atoms with Gasteiger partial charge in [0.1, 0.15) is 5.75 Å². The maximum atomic E-state index is 12.1. The zero-order valence-corrected chi connectivity index (χ0v) is 18.3. The minimum Gasteiger partial charge on any atom is -0.496 e. The third-order valence-electron chi connectivity index (χ3n) is 4.29. The summed E-state index contributed by atoms with van der Waals surface area (Å²) in [6.45, 7) is 1.27. The average molecular weight is 433 g/mol. The molecule has 9 heteroatoms. The first-order valence-corrected chi connectivity index (χ1v) is 9.40. The van der Waals surface area contributed by atoms with E-state index in [1.54, 1.807) is 24.3 Å². The molecule has 0 aliphatic heterocycles. The maximum Gasteiger partial charge on any atom is 0.344 e. The number of benzene rings is 2. The molecular weight excluding hydrogens is 406 g/mol. The van der Waals surface area contributed by atoms with Crippen LogP contribution in [0.5, 0.6) is 28.7 Å². The van der Waals surface area contributed by atoms with Crippen molar-refractivity contribution in [3.8, 4) is 28.7 Å². The van der Waals surface area contributed by atoms with Crippen LogP contribution in [0.2, 0.25) is 0 Å². The minimum atomic E-state index is -0.679. The standard InChI is InChI=1S/C22H27NO8/c1-14-6-7-16(18(8-14)27-3)30-13-22(25)31-12-21(24)23-11-15-9-19(28-4)20(29-5)10-17(15)26-2/h6-10H,11-13H2,1-5H3,(H,23,24). The molecule has 2 rings (SSSR count). The number of ether oxygens (including phenoxy) is 6. The molecule has 0 heterocycles. The van der Waals surface area contributed by atoms with Crippen LogP contribution in [0, 0.1) is 6.92 Å². The Morgan fingerprint density at radius 1 is 0.774 bits per heavy atom. The number of esters is 1. The molecule has 0 saturated heterocycles. The number of nitrogens with one attached hydrogen (secondary N) is 1. The van der Waals surface area contributed by atoms with Crippen molar-refractivity contribution in [2.75, 3.05) is 41.7 Å². The summed E-state index contributed by atoms with van der Waals surface area (Å²) in [6, 6.07) is 8.68. The van der Waals surface area contributed by atoms with Gasteiger partial charge in [0.15, 0.2) is 36.2 Å². The smallest absolute Gasteiger partial charge is 0.344 e. The van der Waals surface area contributed by atoms with Gasteiger partial charge >= 0.3 is 5.97 Å². The first kappa shape index (κ1) is 23.7. The van der Waals surface area contributed by atoms with Crippen molar-refractivity contribution in [2.24, 2.45) is 0 Å². The van der Waals surface area contributed by atoms with Gasteiger partial charge in [-0.15, -0.1) is 0 Å². The molecule has 0 bridgehead atoms. The Kier molecular flexibility index (Phi) is 8.80. The SMILES string of the molecule is COc1cc(OC)c(OC)cc1CNC(=O)COC(=O)COc1ccc(C)cc1OC. The Morgan fingerprint density at radius 3 is 2.03 bits per heavy atom. The number of amides is 1. The van der Waals surface area contributed by atoms with E-state index in [2.05, 4.69) is 5.32 Å². The van der Waals surface area contributed by atoms with Crippen molar-refractivity contribution >= 4 is 11.9 Å². The zero-order valence-electron chi connectivity index (χ0n) is 18.3. The number of carbonyl (C=O) groups is 2. The Morgan fingerprint density at radius 2 is 1.39 bits per heavy atom. The Bertz CT molecular complexity index is 913. The highest BCUT2D eigenvalue weighted by molar-refractivity contribution is 5.81. The Hall–Kier alpha value is -3.62. The minimum absolute atomic E-state index is 0.150. The Labute approximate surface area is 181 Å². The molecule has 0 saturated carbocycles. The molecule has 1 N–H and O–H groups in total. The van der Waals surface area contributed by atoms with Crippen LogP contribution in [0.4, 0.5) is 0 Å². The van der Waals surface area contributed by atoms with Crippen molar-refractivity contribution in [1.82, 2.24) is 5.32 Å². The normalized spacial score (nSPS) is 10.1. The fourth-order valence-corrected chi connectivity index (χ4v) is 2.69. The summed E-state index contributed by atoms with van der Waals surface area (Å²) < 4.78 is 31.4. The van der Waals surface area contributed by atoms with E-state index >= 15 is 0 Å². The molecule has 31 heavy (non-hydrogen) atoms. The van der Waals surface area contributed by atoms with Gasteiger partial charge in [0.05, 0.1) is 28.4 Å². The lowest BCUT2D eigenvalue weighted by Crippen LogP contribution is -2.29. The summed E-state index contributed by atoms with van der Waals surface area (Å²) in [5.74, 6) is 1.30. The second-order valence-electron chi connectivity index (χ2n) is 6.40. The maximum absolute atomic E-state index is 12.1. The third-order valence-corrected chi connectivity index (χ3v) is 4.29. The van der Waals surface area contributed by atoms with Crippen LogP contribution >= 0.6 is 0 Å². The second kappa shape index (κ2) is 11.5. The zero-order chi connectivity index (χ0) is 22.8. The number of rotatable bonds is 11. The monoisotopic (exact) mass is 433 g/mol. The highest BCUT2D eigenvalue weighted by Crippen LogP contribution is 2.34. The highest BCUT2D eigenvalue weighted by atomic mass is 16.6. The number of methoxy groups -OCH3 is 4. The van der Waals surface area contributed by atoms with Crippen molar-refractivity contribution in [3.05, 3.63) is 41.5 Å². The van der Waals surface area contributed by atoms with Crippen LogP contribution in [0.25, 0.3) is 0 Å². The third kappa shape index (κ3) is 6.70. The molecular formula is C22H27NO8. The predicted molar refractivity (Wildman–Crippen MR) is 112 cm³/mol. The lowest BCUT2D eigenvalue weighted by atomic mass is 10.1. The summed E-state index contributed by atoms with van der Waals surface area (Å²) in [6.07, 6.45) is 0. The summed E-state index contributed by atoms with van der Waals surface area (Å²) in [5, 5.41) is 2.66. The summed E-state index contributed by atoms with van der Waals surface area (Å²) >= 11 is 0. The van der Waals surface area contributed by atoms with Gasteiger partial charge in [-0.3, -0.25) is 4.79 Å². The van der Waals surface area contributed by atoms with Crippen LogP contribution < -0.4 is 29.0 Å². The molecule has 0 unspecified atom stereocenters. The molecule has 1 amide bonds. The molecule has 168 valence electrons. The molecule has 2 aromatic carbocycles. The number of hydrogen-bond donors (Lipinski definition) is 1. The molecule has 2 aromatic rings. The predicted octanol–water partition coefficient (Wildman–Crippen LogP) is 2.27. The summed E-state index contributed by atoms with van der Waals surface area (Å²) in [4.78, 5) is 24.0. The first-order valence-electron chi connectivity index (χ1n) is 9.40. The van der Waals surface area contributed by atoms with Crippen LogP contribution in [0.15, 0.2) is 30.3 Å². The van der Waals surface area contributed by atoms with Gasteiger partial charge in [0.25, 0.3) is 5.91 Å². The fraction of sp³-hybridized carbons (Fsp3) is 0.364. The van der Waals surface area contributed by atoms with E-state index in [4.69, 9.17) is 28.4 Å². The molecule has 0 aliphatic carbocycles. The largest absolute Gasteiger partial charge is 0.496 e. The van der Waals surface area contributed by atoms with Gasteiger partial charge in [-0.2, -0.15) is 0 Å². The van der Waals surface area contributed by atoms with E-state index < -0.39 is 18.5 Å². The summed E-state index contributed by atoms with van der Waals surface area (Å²) in [5.41, 5.74) is 1.67. The second-order valence-corrected chi connectivity index (χ2v) is 6.40. The number of aryl methyl sites for hydroxylation is 1.